The lowest BCUT2D eigenvalue weighted by molar-refractivity contribution is 0.870. The average Bonchev–Trinajstić information content (AvgIpc) is 3.24. The average molecular weight is 305 g/mol. The maximum atomic E-state index is 12.8. The molecule has 0 aliphatic rings. The minimum absolute atomic E-state index is 0.0669. The number of nitrogens with one attached hydrogen (secondary N) is 1. The number of benzene rings is 1. The van der Waals surface area contributed by atoms with E-state index in [9.17, 15) is 4.79 Å². The Labute approximate surface area is 132 Å². The van der Waals surface area contributed by atoms with Crippen molar-refractivity contribution in [1.29, 1.82) is 0 Å². The zero-order valence-electron chi connectivity index (χ0n) is 12.6. The predicted molar refractivity (Wildman–Crippen MR) is 87.7 cm³/mol. The molecule has 0 saturated carbocycles. The van der Waals surface area contributed by atoms with Gasteiger partial charge in [-0.3, -0.25) is 9.89 Å². The molecule has 0 aliphatic heterocycles. The Morgan fingerprint density at radius 1 is 1.22 bits per heavy atom. The quantitative estimate of drug-likeness (QED) is 0.632. The molecule has 1 aromatic carbocycles. The van der Waals surface area contributed by atoms with Gasteiger partial charge in [0, 0.05) is 29.7 Å². The molecule has 4 rings (SSSR count). The Morgan fingerprint density at radius 3 is 2.74 bits per heavy atom. The van der Waals surface area contributed by atoms with Crippen LogP contribution in [0.15, 0.2) is 60.0 Å². The van der Waals surface area contributed by atoms with Crippen molar-refractivity contribution >= 4 is 5.65 Å². The zero-order valence-corrected chi connectivity index (χ0v) is 12.6. The molecular weight excluding hydrogens is 290 g/mol. The van der Waals surface area contributed by atoms with Crippen LogP contribution in [0.1, 0.15) is 12.5 Å². The second-order valence-electron chi connectivity index (χ2n) is 5.25. The summed E-state index contributed by atoms with van der Waals surface area (Å²) in [6.07, 6.45) is 7.59. The molecule has 6 heteroatoms. The first-order valence-electron chi connectivity index (χ1n) is 7.46. The van der Waals surface area contributed by atoms with Crippen molar-refractivity contribution < 1.29 is 0 Å². The summed E-state index contributed by atoms with van der Waals surface area (Å²) in [6.45, 7) is 1.97. The van der Waals surface area contributed by atoms with E-state index in [2.05, 4.69) is 10.1 Å². The van der Waals surface area contributed by atoms with Crippen LogP contribution in [0.5, 0.6) is 0 Å². The van der Waals surface area contributed by atoms with Crippen molar-refractivity contribution in [2.45, 2.75) is 13.3 Å². The molecule has 0 bridgehead atoms. The molecule has 0 atom stereocenters. The van der Waals surface area contributed by atoms with Gasteiger partial charge < -0.3 is 4.57 Å². The number of fused-ring (bicyclic) bond motifs is 1. The molecule has 0 fully saturated rings. The number of rotatable bonds is 3. The van der Waals surface area contributed by atoms with Gasteiger partial charge in [0.1, 0.15) is 5.69 Å². The summed E-state index contributed by atoms with van der Waals surface area (Å²) in [5.41, 5.74) is 3.69. The Bertz CT molecular complexity index is 1010. The van der Waals surface area contributed by atoms with Gasteiger partial charge >= 0.3 is 0 Å². The molecule has 0 spiro atoms. The molecule has 0 radical (unpaired) electrons. The van der Waals surface area contributed by atoms with Gasteiger partial charge in [0.25, 0.3) is 5.56 Å². The smallest absolute Gasteiger partial charge is 0.276 e. The number of nitrogens with zero attached hydrogens (tertiary/aromatic N) is 4. The van der Waals surface area contributed by atoms with Gasteiger partial charge in [-0.15, -0.1) is 0 Å². The van der Waals surface area contributed by atoms with Crippen molar-refractivity contribution in [3.05, 3.63) is 71.2 Å². The van der Waals surface area contributed by atoms with E-state index in [0.29, 0.717) is 17.6 Å². The summed E-state index contributed by atoms with van der Waals surface area (Å²) >= 11 is 0. The number of aromatic nitrogens is 5. The maximum absolute atomic E-state index is 12.8. The molecule has 0 aliphatic carbocycles. The molecule has 0 unspecified atom stereocenters. The molecule has 0 amide bonds. The third kappa shape index (κ3) is 2.07. The Morgan fingerprint density at radius 2 is 2.04 bits per heavy atom. The molecule has 114 valence electrons. The van der Waals surface area contributed by atoms with E-state index in [1.807, 2.05) is 48.0 Å². The van der Waals surface area contributed by atoms with E-state index in [1.54, 1.807) is 18.7 Å². The largest absolute Gasteiger partial charge is 0.301 e. The van der Waals surface area contributed by atoms with E-state index < -0.39 is 0 Å². The van der Waals surface area contributed by atoms with E-state index in [0.717, 1.165) is 16.9 Å². The number of imidazole rings is 1. The minimum Gasteiger partial charge on any atom is -0.301 e. The highest BCUT2D eigenvalue weighted by molar-refractivity contribution is 5.68. The van der Waals surface area contributed by atoms with Crippen molar-refractivity contribution in [2.24, 2.45) is 0 Å². The number of H-pyrrole nitrogens is 1. The van der Waals surface area contributed by atoms with Gasteiger partial charge in [-0.1, -0.05) is 37.3 Å². The summed E-state index contributed by atoms with van der Waals surface area (Å²) < 4.78 is 3.32. The van der Waals surface area contributed by atoms with Gasteiger partial charge in [-0.25, -0.2) is 9.97 Å². The van der Waals surface area contributed by atoms with Gasteiger partial charge in [-0.05, 0) is 6.42 Å². The van der Waals surface area contributed by atoms with Crippen LogP contribution in [0.3, 0.4) is 0 Å². The fraction of sp³-hybridized carbons (Fsp3) is 0.118. The Kier molecular flexibility index (Phi) is 3.08. The van der Waals surface area contributed by atoms with Crippen LogP contribution >= 0.6 is 0 Å². The third-order valence-electron chi connectivity index (χ3n) is 3.92. The maximum Gasteiger partial charge on any atom is 0.276 e. The van der Waals surface area contributed by atoms with Crippen LogP contribution in [0.25, 0.3) is 22.6 Å². The van der Waals surface area contributed by atoms with Gasteiger partial charge in [-0.2, -0.15) is 4.52 Å². The molecule has 4 aromatic rings. The monoisotopic (exact) mass is 305 g/mol. The first kappa shape index (κ1) is 13.5. The van der Waals surface area contributed by atoms with Crippen LogP contribution in [-0.4, -0.2) is 24.1 Å². The summed E-state index contributed by atoms with van der Waals surface area (Å²) in [4.78, 5) is 21.6. The van der Waals surface area contributed by atoms with Gasteiger partial charge in [0.15, 0.2) is 5.65 Å². The molecular formula is C17H15N5O. The fourth-order valence-electron chi connectivity index (χ4n) is 2.78. The lowest BCUT2D eigenvalue weighted by atomic mass is 10.1. The second kappa shape index (κ2) is 5.24. The standard InChI is InChI=1S/C17H15N5O/c1-2-13-15(12-6-4-3-5-7-12)20-16-14(21-9-8-18-11-21)10-19-22(16)17(13)23/h3-11,19H,2H2,1H3. The molecule has 0 saturated heterocycles. The second-order valence-corrected chi connectivity index (χ2v) is 5.25. The zero-order chi connectivity index (χ0) is 15.8. The topological polar surface area (TPSA) is 68.0 Å². The van der Waals surface area contributed by atoms with E-state index >= 15 is 0 Å². The van der Waals surface area contributed by atoms with E-state index in [-0.39, 0.29) is 5.56 Å². The van der Waals surface area contributed by atoms with Crippen LogP contribution in [0.4, 0.5) is 0 Å². The third-order valence-corrected chi connectivity index (χ3v) is 3.92. The number of hydrogen-bond acceptors (Lipinski definition) is 3. The van der Waals surface area contributed by atoms with Crippen molar-refractivity contribution in [3.8, 4) is 16.9 Å². The van der Waals surface area contributed by atoms with Crippen LogP contribution < -0.4 is 5.56 Å². The lowest BCUT2D eigenvalue weighted by Crippen LogP contribution is -2.21. The SMILES string of the molecule is CCc1c(-c2ccccc2)nc2c(-n3ccnc3)c[nH]n2c1=O. The molecule has 1 N–H and O–H groups in total. The van der Waals surface area contributed by atoms with Crippen LogP contribution in [0.2, 0.25) is 0 Å². The normalized spacial score (nSPS) is 11.2. The summed E-state index contributed by atoms with van der Waals surface area (Å²) in [7, 11) is 0. The predicted octanol–water partition coefficient (Wildman–Crippen LogP) is 2.44. The fourth-order valence-corrected chi connectivity index (χ4v) is 2.78. The summed E-state index contributed by atoms with van der Waals surface area (Å²) in [5.74, 6) is 0. The minimum atomic E-state index is -0.0669. The Balaban J connectivity index is 2.06. The van der Waals surface area contributed by atoms with Crippen molar-refractivity contribution in [1.82, 2.24) is 24.1 Å². The number of hydrogen-bond donors (Lipinski definition) is 1. The van der Waals surface area contributed by atoms with E-state index in [1.165, 1.54) is 4.52 Å². The van der Waals surface area contributed by atoms with Crippen LogP contribution in [0, 0.1) is 0 Å². The van der Waals surface area contributed by atoms with Crippen molar-refractivity contribution in [2.75, 3.05) is 0 Å². The van der Waals surface area contributed by atoms with Gasteiger partial charge in [0.2, 0.25) is 0 Å². The first-order valence-corrected chi connectivity index (χ1v) is 7.46. The highest BCUT2D eigenvalue weighted by Crippen LogP contribution is 2.22. The highest BCUT2D eigenvalue weighted by Gasteiger charge is 2.16. The lowest BCUT2D eigenvalue weighted by Gasteiger charge is -2.08. The van der Waals surface area contributed by atoms with E-state index in [4.69, 9.17) is 4.98 Å². The highest BCUT2D eigenvalue weighted by atomic mass is 16.1. The molecule has 3 heterocycles. The van der Waals surface area contributed by atoms with Gasteiger partial charge in [0.05, 0.1) is 12.0 Å². The summed E-state index contributed by atoms with van der Waals surface area (Å²) in [6, 6.07) is 9.80. The molecule has 3 aromatic heterocycles. The van der Waals surface area contributed by atoms with Crippen LogP contribution in [-0.2, 0) is 6.42 Å². The molecule has 6 nitrogen and oxygen atoms in total. The Hall–Kier alpha value is -3.15. The summed E-state index contributed by atoms with van der Waals surface area (Å²) in [5, 5.41) is 2.99. The molecule has 23 heavy (non-hydrogen) atoms. The van der Waals surface area contributed by atoms with Crippen molar-refractivity contribution in [3.63, 3.8) is 0 Å². The first-order chi connectivity index (χ1) is 11.3. The number of aromatic amines is 1.